The summed E-state index contributed by atoms with van der Waals surface area (Å²) in [4.78, 5) is 8.48. The van der Waals surface area contributed by atoms with Crippen molar-refractivity contribution in [2.45, 2.75) is 38.8 Å². The molecule has 0 amide bonds. The van der Waals surface area contributed by atoms with Crippen LogP contribution in [0.25, 0.3) is 0 Å². The second-order valence-electron chi connectivity index (χ2n) is 5.82. The van der Waals surface area contributed by atoms with Crippen molar-refractivity contribution in [1.29, 1.82) is 0 Å². The summed E-state index contributed by atoms with van der Waals surface area (Å²) in [6.07, 6.45) is 5.22. The van der Waals surface area contributed by atoms with E-state index >= 15 is 0 Å². The molecule has 1 aliphatic rings. The number of nitrogens with one attached hydrogen (secondary N) is 2. The van der Waals surface area contributed by atoms with Crippen LogP contribution in [0.1, 0.15) is 31.7 Å². The van der Waals surface area contributed by atoms with Crippen LogP contribution in [0.5, 0.6) is 5.88 Å². The largest absolute Gasteiger partial charge is 0.478 e. The van der Waals surface area contributed by atoms with Crippen molar-refractivity contribution in [2.24, 2.45) is 4.99 Å². The lowest BCUT2D eigenvalue weighted by Gasteiger charge is -2.14. The minimum atomic E-state index is 0. The molecule has 2 N–H and O–H groups in total. The lowest BCUT2D eigenvalue weighted by Crippen LogP contribution is -2.37. The van der Waals surface area contributed by atoms with Crippen molar-refractivity contribution in [2.75, 3.05) is 40.0 Å². The van der Waals surface area contributed by atoms with Gasteiger partial charge in [-0.1, -0.05) is 6.07 Å². The summed E-state index contributed by atoms with van der Waals surface area (Å²) in [5, 5.41) is 6.56. The molecule has 1 atom stereocenters. The van der Waals surface area contributed by atoms with E-state index < -0.39 is 0 Å². The highest BCUT2D eigenvalue weighted by Gasteiger charge is 2.14. The van der Waals surface area contributed by atoms with Gasteiger partial charge in [0.2, 0.25) is 5.88 Å². The Morgan fingerprint density at radius 1 is 1.42 bits per heavy atom. The van der Waals surface area contributed by atoms with E-state index in [4.69, 9.17) is 14.2 Å². The Bertz CT molecular complexity index is 525. The molecular formula is C18H31IN4O3. The van der Waals surface area contributed by atoms with Gasteiger partial charge in [0, 0.05) is 45.1 Å². The van der Waals surface area contributed by atoms with Crippen molar-refractivity contribution >= 4 is 29.9 Å². The monoisotopic (exact) mass is 478 g/mol. The number of halogens is 1. The molecule has 26 heavy (non-hydrogen) atoms. The Kier molecular flexibility index (Phi) is 12.3. The average molecular weight is 478 g/mol. The van der Waals surface area contributed by atoms with Crippen LogP contribution in [-0.4, -0.2) is 57.1 Å². The van der Waals surface area contributed by atoms with Gasteiger partial charge in [0.1, 0.15) is 0 Å². The van der Waals surface area contributed by atoms with Gasteiger partial charge in [0.05, 0.1) is 19.3 Å². The third-order valence-electron chi connectivity index (χ3n) is 3.89. The molecular weight excluding hydrogens is 447 g/mol. The first-order valence-corrected chi connectivity index (χ1v) is 9.04. The van der Waals surface area contributed by atoms with Crippen molar-refractivity contribution in [3.63, 3.8) is 0 Å². The van der Waals surface area contributed by atoms with Gasteiger partial charge in [-0.25, -0.2) is 4.98 Å². The molecule has 1 aromatic rings. The van der Waals surface area contributed by atoms with Crippen molar-refractivity contribution in [1.82, 2.24) is 15.6 Å². The zero-order valence-electron chi connectivity index (χ0n) is 15.7. The van der Waals surface area contributed by atoms with Gasteiger partial charge < -0.3 is 24.8 Å². The third kappa shape index (κ3) is 8.50. The molecule has 0 aromatic carbocycles. The van der Waals surface area contributed by atoms with Crippen LogP contribution in [0.4, 0.5) is 0 Å². The standard InChI is InChI=1S/C18H30N4O3.HI/c1-3-24-17-15(7-4-9-20-17)13-22-18(19-2)21-10-6-11-23-14-16-8-5-12-25-16;/h4,7,9,16H,3,5-6,8,10-14H2,1-2H3,(H2,19,21,22);1H. The van der Waals surface area contributed by atoms with Crippen LogP contribution < -0.4 is 15.4 Å². The summed E-state index contributed by atoms with van der Waals surface area (Å²) in [7, 11) is 1.76. The van der Waals surface area contributed by atoms with Crippen LogP contribution in [0.3, 0.4) is 0 Å². The van der Waals surface area contributed by atoms with E-state index in [9.17, 15) is 0 Å². The molecule has 0 aliphatic carbocycles. The van der Waals surface area contributed by atoms with E-state index in [0.717, 1.165) is 50.5 Å². The van der Waals surface area contributed by atoms with Crippen molar-refractivity contribution in [3.05, 3.63) is 23.9 Å². The molecule has 1 unspecified atom stereocenters. The molecule has 1 aliphatic heterocycles. The second kappa shape index (κ2) is 14.0. The van der Waals surface area contributed by atoms with E-state index in [0.29, 0.717) is 31.7 Å². The molecule has 1 fully saturated rings. The summed E-state index contributed by atoms with van der Waals surface area (Å²) in [5.74, 6) is 1.42. The summed E-state index contributed by atoms with van der Waals surface area (Å²) in [5.41, 5.74) is 1.01. The van der Waals surface area contributed by atoms with Gasteiger partial charge in [0.25, 0.3) is 0 Å². The predicted molar refractivity (Wildman–Crippen MR) is 113 cm³/mol. The quantitative estimate of drug-likeness (QED) is 0.233. The molecule has 148 valence electrons. The fourth-order valence-electron chi connectivity index (χ4n) is 2.60. The normalized spacial score (nSPS) is 16.8. The second-order valence-corrected chi connectivity index (χ2v) is 5.82. The molecule has 1 saturated heterocycles. The molecule has 1 aromatic heterocycles. The Morgan fingerprint density at radius 3 is 3.04 bits per heavy atom. The van der Waals surface area contributed by atoms with Crippen molar-refractivity contribution < 1.29 is 14.2 Å². The van der Waals surface area contributed by atoms with Gasteiger partial charge in [-0.15, -0.1) is 24.0 Å². The number of nitrogens with zero attached hydrogens (tertiary/aromatic N) is 2. The Balaban J connectivity index is 0.00000338. The predicted octanol–water partition coefficient (Wildman–Crippen LogP) is 2.35. The number of aromatic nitrogens is 1. The number of pyridine rings is 1. The third-order valence-corrected chi connectivity index (χ3v) is 3.89. The van der Waals surface area contributed by atoms with E-state index in [2.05, 4.69) is 20.6 Å². The number of guanidine groups is 1. The lowest BCUT2D eigenvalue weighted by atomic mass is 10.2. The summed E-state index contributed by atoms with van der Waals surface area (Å²) in [6.45, 7) is 6.26. The highest BCUT2D eigenvalue weighted by molar-refractivity contribution is 14.0. The van der Waals surface area contributed by atoms with Crippen LogP contribution >= 0.6 is 24.0 Å². The maximum Gasteiger partial charge on any atom is 0.218 e. The molecule has 0 spiro atoms. The summed E-state index contributed by atoms with van der Waals surface area (Å²) < 4.78 is 16.7. The Labute approximate surface area is 173 Å². The number of aliphatic imine (C=N–C) groups is 1. The highest BCUT2D eigenvalue weighted by Crippen LogP contribution is 2.13. The minimum absolute atomic E-state index is 0. The van der Waals surface area contributed by atoms with E-state index in [1.54, 1.807) is 13.2 Å². The SMILES string of the molecule is CCOc1ncccc1CNC(=NC)NCCCOCC1CCCO1.I. The first-order chi connectivity index (χ1) is 12.3. The van der Waals surface area contributed by atoms with E-state index in [1.165, 1.54) is 0 Å². The molecule has 0 radical (unpaired) electrons. The van der Waals surface area contributed by atoms with Gasteiger partial charge in [0.15, 0.2) is 5.96 Å². The fraction of sp³-hybridized carbons (Fsp3) is 0.667. The summed E-state index contributed by atoms with van der Waals surface area (Å²) >= 11 is 0. The van der Waals surface area contributed by atoms with Crippen LogP contribution in [0, 0.1) is 0 Å². The number of ether oxygens (including phenoxy) is 3. The van der Waals surface area contributed by atoms with E-state index in [-0.39, 0.29) is 24.0 Å². The van der Waals surface area contributed by atoms with Crippen LogP contribution in [-0.2, 0) is 16.0 Å². The number of rotatable bonds is 10. The first-order valence-electron chi connectivity index (χ1n) is 9.04. The summed E-state index contributed by atoms with van der Waals surface area (Å²) in [6, 6.07) is 3.90. The molecule has 2 rings (SSSR count). The Morgan fingerprint density at radius 2 is 2.31 bits per heavy atom. The van der Waals surface area contributed by atoms with E-state index in [1.807, 2.05) is 19.1 Å². The molecule has 2 heterocycles. The van der Waals surface area contributed by atoms with Gasteiger partial charge in [-0.05, 0) is 32.3 Å². The highest BCUT2D eigenvalue weighted by atomic mass is 127. The van der Waals surface area contributed by atoms with Gasteiger partial charge in [-0.2, -0.15) is 0 Å². The molecule has 8 heteroatoms. The average Bonchev–Trinajstić information content (AvgIpc) is 3.15. The molecule has 0 saturated carbocycles. The fourth-order valence-corrected chi connectivity index (χ4v) is 2.60. The van der Waals surface area contributed by atoms with Crippen molar-refractivity contribution in [3.8, 4) is 5.88 Å². The zero-order valence-corrected chi connectivity index (χ0v) is 18.0. The lowest BCUT2D eigenvalue weighted by molar-refractivity contribution is 0.0168. The van der Waals surface area contributed by atoms with Crippen LogP contribution in [0.2, 0.25) is 0 Å². The smallest absolute Gasteiger partial charge is 0.218 e. The maximum absolute atomic E-state index is 5.65. The van der Waals surface area contributed by atoms with Gasteiger partial charge in [-0.3, -0.25) is 4.99 Å². The minimum Gasteiger partial charge on any atom is -0.478 e. The number of hydrogen-bond acceptors (Lipinski definition) is 5. The Hall–Kier alpha value is -1.13. The first kappa shape index (κ1) is 22.9. The molecule has 7 nitrogen and oxygen atoms in total. The maximum atomic E-state index is 5.65. The van der Waals surface area contributed by atoms with Gasteiger partial charge >= 0.3 is 0 Å². The van der Waals surface area contributed by atoms with Crippen LogP contribution in [0.15, 0.2) is 23.3 Å². The molecule has 0 bridgehead atoms. The number of hydrogen-bond donors (Lipinski definition) is 2. The zero-order chi connectivity index (χ0) is 17.7. The topological polar surface area (TPSA) is 77.0 Å².